The molecule has 0 aliphatic carbocycles. The lowest BCUT2D eigenvalue weighted by Crippen LogP contribution is -2.19. The Labute approximate surface area is 154 Å². The summed E-state index contributed by atoms with van der Waals surface area (Å²) in [4.78, 5) is 11.2. The number of ether oxygens (including phenoxy) is 1. The first-order valence-corrected chi connectivity index (χ1v) is 9.24. The summed E-state index contributed by atoms with van der Waals surface area (Å²) in [5, 5.41) is 2.21. The third-order valence-electron chi connectivity index (χ3n) is 2.89. The topological polar surface area (TPSA) is 98.5 Å². The number of hydrogen-bond donors (Lipinski definition) is 2. The molecule has 10 heteroatoms. The molecule has 0 saturated carbocycles. The number of hydrogen-bond acceptors (Lipinski definition) is 5. The molecule has 2 aromatic carbocycles. The highest BCUT2D eigenvalue weighted by molar-refractivity contribution is 7.90. The molecule has 0 unspecified atom stereocenters. The molecule has 0 aliphatic rings. The van der Waals surface area contributed by atoms with Crippen LogP contribution in [0.3, 0.4) is 0 Å². The zero-order chi connectivity index (χ0) is 19.9. The zero-order valence-electron chi connectivity index (χ0n) is 13.8. The quantitative estimate of drug-likeness (QED) is 0.601. The van der Waals surface area contributed by atoms with Crippen molar-refractivity contribution in [3.63, 3.8) is 0 Å². The number of anilines is 1. The molecule has 0 atom stereocenters. The molecular weight excluding hydrogens is 386 g/mol. The van der Waals surface area contributed by atoms with Gasteiger partial charge in [0, 0.05) is 12.3 Å². The van der Waals surface area contributed by atoms with E-state index in [-0.39, 0.29) is 15.7 Å². The first kappa shape index (κ1) is 21.5. The van der Waals surface area contributed by atoms with Gasteiger partial charge in [0.15, 0.2) is 14.9 Å². The van der Waals surface area contributed by atoms with E-state index < -0.39 is 27.4 Å². The fourth-order valence-electron chi connectivity index (χ4n) is 1.68. The molecule has 2 aromatic rings. The van der Waals surface area contributed by atoms with Crippen LogP contribution in [0.1, 0.15) is 10.4 Å². The van der Waals surface area contributed by atoms with Crippen LogP contribution in [-0.4, -0.2) is 32.9 Å². The van der Waals surface area contributed by atoms with Crippen molar-refractivity contribution in [1.82, 2.24) is 0 Å². The van der Waals surface area contributed by atoms with E-state index in [1.165, 1.54) is 31.4 Å². The second kappa shape index (κ2) is 9.20. The lowest BCUT2D eigenvalue weighted by molar-refractivity contribution is 0.0600. The van der Waals surface area contributed by atoms with Crippen molar-refractivity contribution in [2.45, 2.75) is 4.90 Å². The average Bonchev–Trinajstić information content (AvgIpc) is 2.57. The first-order chi connectivity index (χ1) is 12.0. The van der Waals surface area contributed by atoms with Crippen molar-refractivity contribution < 1.29 is 26.7 Å². The Balaban J connectivity index is 0.000000263. The molecule has 26 heavy (non-hydrogen) atoms. The second-order valence-corrected chi connectivity index (χ2v) is 7.36. The maximum absolute atomic E-state index is 12.8. The molecule has 0 bridgehead atoms. The minimum Gasteiger partial charge on any atom is -0.465 e. The van der Waals surface area contributed by atoms with Crippen LogP contribution in [0, 0.1) is 11.6 Å². The summed E-state index contributed by atoms with van der Waals surface area (Å²) in [6.45, 7) is 0. The van der Waals surface area contributed by atoms with E-state index >= 15 is 0 Å². The number of benzene rings is 2. The van der Waals surface area contributed by atoms with Crippen LogP contribution < -0.4 is 11.1 Å². The number of thiocarbonyl (C=S) groups is 1. The maximum atomic E-state index is 12.8. The number of esters is 1. The molecule has 6 nitrogen and oxygen atoms in total. The highest BCUT2D eigenvalue weighted by atomic mass is 32.2. The number of sulfone groups is 1. The second-order valence-electron chi connectivity index (χ2n) is 4.90. The molecular formula is C16H16F2N2O4S2. The number of halogens is 2. The highest BCUT2D eigenvalue weighted by Crippen LogP contribution is 2.14. The van der Waals surface area contributed by atoms with Gasteiger partial charge >= 0.3 is 5.97 Å². The summed E-state index contributed by atoms with van der Waals surface area (Å²) < 4.78 is 51.9. The van der Waals surface area contributed by atoms with Gasteiger partial charge in [0.25, 0.3) is 0 Å². The Morgan fingerprint density at radius 1 is 1.15 bits per heavy atom. The fourth-order valence-corrected chi connectivity index (χ4v) is 2.42. The van der Waals surface area contributed by atoms with Gasteiger partial charge in [-0.2, -0.15) is 0 Å². The van der Waals surface area contributed by atoms with Gasteiger partial charge in [-0.25, -0.2) is 22.0 Å². The summed E-state index contributed by atoms with van der Waals surface area (Å²) in [5.74, 6) is -1.62. The monoisotopic (exact) mass is 402 g/mol. The number of nitrogens with one attached hydrogen (secondary N) is 1. The molecule has 0 aromatic heterocycles. The predicted molar refractivity (Wildman–Crippen MR) is 97.7 cm³/mol. The lowest BCUT2D eigenvalue weighted by Gasteiger charge is -2.03. The maximum Gasteiger partial charge on any atom is 0.337 e. The number of carbonyl (C=O) groups excluding carboxylic acids is 1. The highest BCUT2D eigenvalue weighted by Gasteiger charge is 2.09. The molecule has 0 radical (unpaired) electrons. The fraction of sp³-hybridized carbons (Fsp3) is 0.125. The Hall–Kier alpha value is -2.59. The first-order valence-electron chi connectivity index (χ1n) is 6.94. The summed E-state index contributed by atoms with van der Waals surface area (Å²) in [5.41, 5.74) is 5.35. The molecule has 0 amide bonds. The van der Waals surface area contributed by atoms with E-state index in [1.54, 1.807) is 0 Å². The van der Waals surface area contributed by atoms with Crippen LogP contribution in [0.15, 0.2) is 47.4 Å². The van der Waals surface area contributed by atoms with Gasteiger partial charge in [0.05, 0.1) is 23.3 Å². The minimum absolute atomic E-state index is 0.0532. The van der Waals surface area contributed by atoms with Crippen LogP contribution in [0.2, 0.25) is 0 Å². The smallest absolute Gasteiger partial charge is 0.337 e. The summed E-state index contributed by atoms with van der Waals surface area (Å²) >= 11 is 4.46. The van der Waals surface area contributed by atoms with Crippen molar-refractivity contribution in [3.05, 3.63) is 59.7 Å². The van der Waals surface area contributed by atoms with E-state index in [0.717, 1.165) is 24.5 Å². The van der Waals surface area contributed by atoms with Gasteiger partial charge in [-0.1, -0.05) is 0 Å². The number of nitrogens with two attached hydrogens (primary N) is 1. The zero-order valence-corrected chi connectivity index (χ0v) is 15.5. The van der Waals surface area contributed by atoms with Crippen LogP contribution in [0.5, 0.6) is 0 Å². The Morgan fingerprint density at radius 3 is 2.19 bits per heavy atom. The van der Waals surface area contributed by atoms with E-state index in [1.807, 2.05) is 0 Å². The number of methoxy groups -OCH3 is 1. The largest absolute Gasteiger partial charge is 0.465 e. The Bertz CT molecular complexity index is 901. The van der Waals surface area contributed by atoms with Crippen molar-refractivity contribution in [3.8, 4) is 0 Å². The van der Waals surface area contributed by atoms with Crippen LogP contribution in [-0.2, 0) is 14.6 Å². The standard InChI is InChI=1S/C9H10O4S.C7H6F2N2S/c1-13-9(10)7-3-5-8(6-4-7)14(2,11)12;8-4-1-2-5(9)6(3-4)11-7(10)12/h3-6H,1-2H3;1-3H,(H3,10,11,12). The summed E-state index contributed by atoms with van der Waals surface area (Å²) in [6, 6.07) is 8.58. The molecule has 0 fully saturated rings. The SMILES string of the molecule is COC(=O)c1ccc(S(C)(=O)=O)cc1.NC(=S)Nc1cc(F)ccc1F. The normalized spacial score (nSPS) is 10.3. The van der Waals surface area contributed by atoms with Crippen LogP contribution in [0.4, 0.5) is 14.5 Å². The molecule has 0 spiro atoms. The average molecular weight is 402 g/mol. The van der Waals surface area contributed by atoms with E-state index in [0.29, 0.717) is 5.56 Å². The lowest BCUT2D eigenvalue weighted by atomic mass is 10.2. The molecule has 140 valence electrons. The van der Waals surface area contributed by atoms with Gasteiger partial charge < -0.3 is 15.8 Å². The van der Waals surface area contributed by atoms with Crippen molar-refractivity contribution >= 4 is 38.8 Å². The van der Waals surface area contributed by atoms with Crippen molar-refractivity contribution in [1.29, 1.82) is 0 Å². The predicted octanol–water partition coefficient (Wildman–Crippen LogP) is 2.50. The van der Waals surface area contributed by atoms with E-state index in [9.17, 15) is 22.0 Å². The number of rotatable bonds is 3. The van der Waals surface area contributed by atoms with E-state index in [4.69, 9.17) is 5.73 Å². The minimum atomic E-state index is -3.20. The third kappa shape index (κ3) is 6.73. The van der Waals surface area contributed by atoms with Gasteiger partial charge in [-0.05, 0) is 48.6 Å². The summed E-state index contributed by atoms with van der Waals surface area (Å²) in [7, 11) is -1.93. The molecule has 2 rings (SSSR count). The van der Waals surface area contributed by atoms with Crippen molar-refractivity contribution in [2.24, 2.45) is 5.73 Å². The van der Waals surface area contributed by atoms with Crippen LogP contribution in [0.25, 0.3) is 0 Å². The molecule has 0 aliphatic heterocycles. The Kier molecular flexibility index (Phi) is 7.59. The van der Waals surface area contributed by atoms with Crippen molar-refractivity contribution in [2.75, 3.05) is 18.7 Å². The molecule has 0 saturated heterocycles. The van der Waals surface area contributed by atoms with Gasteiger partial charge in [0.1, 0.15) is 11.6 Å². The van der Waals surface area contributed by atoms with Crippen LogP contribution >= 0.6 is 12.2 Å². The van der Waals surface area contributed by atoms with Gasteiger partial charge in [-0.3, -0.25) is 0 Å². The number of carbonyl (C=O) groups is 1. The summed E-state index contributed by atoms with van der Waals surface area (Å²) in [6.07, 6.45) is 1.11. The van der Waals surface area contributed by atoms with E-state index in [2.05, 4.69) is 22.3 Å². The molecule has 0 heterocycles. The van der Waals surface area contributed by atoms with Gasteiger partial charge in [0.2, 0.25) is 0 Å². The van der Waals surface area contributed by atoms with Gasteiger partial charge in [-0.15, -0.1) is 0 Å². The Morgan fingerprint density at radius 2 is 1.73 bits per heavy atom. The molecule has 3 N–H and O–H groups in total. The third-order valence-corrected chi connectivity index (χ3v) is 4.12.